The maximum absolute atomic E-state index is 2.87. The zero-order valence-corrected chi connectivity index (χ0v) is 17.1. The molecule has 0 bridgehead atoms. The van der Waals surface area contributed by atoms with Crippen molar-refractivity contribution in [1.29, 1.82) is 0 Å². The molecule has 2 aromatic carbocycles. The van der Waals surface area contributed by atoms with Gasteiger partial charge in [0.15, 0.2) is 0 Å². The highest BCUT2D eigenvalue weighted by Crippen LogP contribution is 2.50. The maximum Gasteiger partial charge on any atom is 0.0195 e. The summed E-state index contributed by atoms with van der Waals surface area (Å²) in [5.41, 5.74) is 3.40. The average Bonchev–Trinajstić information content (AvgIpc) is 3.09. The molecule has 4 unspecified atom stereocenters. The molecule has 27 heavy (non-hydrogen) atoms. The summed E-state index contributed by atoms with van der Waals surface area (Å²) < 4.78 is 0. The van der Waals surface area contributed by atoms with E-state index in [0.29, 0.717) is 11.5 Å². The highest BCUT2D eigenvalue weighted by molar-refractivity contribution is 5.31. The molecule has 1 saturated heterocycles. The minimum atomic E-state index is 0.317. The second-order valence-corrected chi connectivity index (χ2v) is 9.13. The normalized spacial score (nSPS) is 31.9. The SMILES string of the molecule is CCC1(c2ccccc2)CC(Cc2ccccc2)CC1N1CCCC(C)C1. The van der Waals surface area contributed by atoms with E-state index in [1.165, 1.54) is 57.2 Å². The van der Waals surface area contributed by atoms with Crippen LogP contribution in [0.5, 0.6) is 0 Å². The third kappa shape index (κ3) is 3.85. The molecule has 1 heterocycles. The lowest BCUT2D eigenvalue weighted by Gasteiger charge is -2.45. The summed E-state index contributed by atoms with van der Waals surface area (Å²) in [6, 6.07) is 23.3. The zero-order valence-electron chi connectivity index (χ0n) is 17.1. The van der Waals surface area contributed by atoms with Crippen LogP contribution in [0.3, 0.4) is 0 Å². The van der Waals surface area contributed by atoms with E-state index in [1.807, 2.05) is 0 Å². The van der Waals surface area contributed by atoms with Crippen molar-refractivity contribution in [3.8, 4) is 0 Å². The zero-order chi connectivity index (χ0) is 18.7. The van der Waals surface area contributed by atoms with Crippen molar-refractivity contribution in [2.45, 2.75) is 63.8 Å². The monoisotopic (exact) mass is 361 g/mol. The summed E-state index contributed by atoms with van der Waals surface area (Å²) in [7, 11) is 0. The summed E-state index contributed by atoms with van der Waals surface area (Å²) in [5.74, 6) is 1.63. The molecule has 4 atom stereocenters. The van der Waals surface area contributed by atoms with Gasteiger partial charge in [-0.05, 0) is 68.0 Å². The molecule has 1 nitrogen and oxygen atoms in total. The molecule has 4 rings (SSSR count). The Hall–Kier alpha value is -1.60. The fraction of sp³-hybridized carbons (Fsp3) is 0.538. The van der Waals surface area contributed by atoms with Crippen LogP contribution in [0.15, 0.2) is 60.7 Å². The number of hydrogen-bond acceptors (Lipinski definition) is 1. The summed E-state index contributed by atoms with van der Waals surface area (Å²) in [6.07, 6.45) is 7.94. The van der Waals surface area contributed by atoms with Crippen LogP contribution in [0.2, 0.25) is 0 Å². The van der Waals surface area contributed by atoms with Crippen molar-refractivity contribution in [3.05, 3.63) is 71.8 Å². The lowest BCUT2D eigenvalue weighted by Crippen LogP contribution is -2.50. The quantitative estimate of drug-likeness (QED) is 0.623. The number of likely N-dealkylation sites (tertiary alicyclic amines) is 1. The number of hydrogen-bond donors (Lipinski definition) is 0. The summed E-state index contributed by atoms with van der Waals surface area (Å²) in [6.45, 7) is 7.45. The summed E-state index contributed by atoms with van der Waals surface area (Å²) >= 11 is 0. The van der Waals surface area contributed by atoms with Crippen LogP contribution in [0.25, 0.3) is 0 Å². The van der Waals surface area contributed by atoms with Crippen LogP contribution in [0, 0.1) is 11.8 Å². The van der Waals surface area contributed by atoms with Gasteiger partial charge in [0, 0.05) is 18.0 Å². The fourth-order valence-electron chi connectivity index (χ4n) is 6.05. The van der Waals surface area contributed by atoms with Crippen molar-refractivity contribution < 1.29 is 0 Å². The van der Waals surface area contributed by atoms with Gasteiger partial charge >= 0.3 is 0 Å². The van der Waals surface area contributed by atoms with Crippen LogP contribution in [-0.2, 0) is 11.8 Å². The second kappa shape index (κ2) is 8.19. The topological polar surface area (TPSA) is 3.24 Å². The van der Waals surface area contributed by atoms with Crippen molar-refractivity contribution in [2.24, 2.45) is 11.8 Å². The lowest BCUT2D eigenvalue weighted by atomic mass is 9.72. The summed E-state index contributed by atoms with van der Waals surface area (Å²) in [4.78, 5) is 2.87. The molecule has 144 valence electrons. The second-order valence-electron chi connectivity index (χ2n) is 9.13. The van der Waals surface area contributed by atoms with E-state index in [-0.39, 0.29) is 0 Å². The van der Waals surface area contributed by atoms with Gasteiger partial charge in [-0.2, -0.15) is 0 Å². The van der Waals surface area contributed by atoms with Gasteiger partial charge < -0.3 is 0 Å². The molecule has 0 spiro atoms. The van der Waals surface area contributed by atoms with E-state index in [1.54, 1.807) is 5.56 Å². The third-order valence-electron chi connectivity index (χ3n) is 7.32. The molecule has 0 radical (unpaired) electrons. The van der Waals surface area contributed by atoms with Gasteiger partial charge in [0.1, 0.15) is 0 Å². The Kier molecular flexibility index (Phi) is 5.68. The number of benzene rings is 2. The van der Waals surface area contributed by atoms with E-state index in [0.717, 1.165) is 11.8 Å². The highest BCUT2D eigenvalue weighted by atomic mass is 15.2. The first-order valence-corrected chi connectivity index (χ1v) is 11.0. The van der Waals surface area contributed by atoms with E-state index < -0.39 is 0 Å². The molecule has 0 N–H and O–H groups in total. The molecular formula is C26H35N. The first-order valence-electron chi connectivity index (χ1n) is 11.0. The lowest BCUT2D eigenvalue weighted by molar-refractivity contribution is 0.0870. The van der Waals surface area contributed by atoms with E-state index in [4.69, 9.17) is 0 Å². The largest absolute Gasteiger partial charge is 0.299 e. The van der Waals surface area contributed by atoms with Gasteiger partial charge in [0.2, 0.25) is 0 Å². The minimum absolute atomic E-state index is 0.317. The van der Waals surface area contributed by atoms with E-state index in [9.17, 15) is 0 Å². The third-order valence-corrected chi connectivity index (χ3v) is 7.32. The molecule has 2 fully saturated rings. The Morgan fingerprint density at radius 1 is 1.00 bits per heavy atom. The van der Waals surface area contributed by atoms with Gasteiger partial charge in [0.05, 0.1) is 0 Å². The molecule has 0 amide bonds. The maximum atomic E-state index is 2.87. The predicted molar refractivity (Wildman–Crippen MR) is 115 cm³/mol. The Balaban J connectivity index is 1.64. The van der Waals surface area contributed by atoms with Gasteiger partial charge in [-0.1, -0.05) is 74.5 Å². The average molecular weight is 362 g/mol. The molecule has 1 heteroatoms. The van der Waals surface area contributed by atoms with Crippen molar-refractivity contribution in [2.75, 3.05) is 13.1 Å². The van der Waals surface area contributed by atoms with Gasteiger partial charge in [0.25, 0.3) is 0 Å². The molecule has 1 aliphatic heterocycles. The highest BCUT2D eigenvalue weighted by Gasteiger charge is 2.49. The number of rotatable bonds is 5. The van der Waals surface area contributed by atoms with Crippen LogP contribution in [0.1, 0.15) is 57.1 Å². The van der Waals surface area contributed by atoms with Crippen LogP contribution in [0.4, 0.5) is 0 Å². The Morgan fingerprint density at radius 2 is 1.70 bits per heavy atom. The molecule has 1 aliphatic carbocycles. The summed E-state index contributed by atoms with van der Waals surface area (Å²) in [5, 5.41) is 0. The van der Waals surface area contributed by atoms with Crippen molar-refractivity contribution in [1.82, 2.24) is 4.90 Å². The van der Waals surface area contributed by atoms with E-state index in [2.05, 4.69) is 79.4 Å². The molecule has 0 aromatic heterocycles. The molecule has 2 aliphatic rings. The Bertz CT molecular complexity index is 710. The first-order chi connectivity index (χ1) is 13.2. The van der Waals surface area contributed by atoms with Crippen molar-refractivity contribution in [3.63, 3.8) is 0 Å². The number of nitrogens with zero attached hydrogens (tertiary/aromatic N) is 1. The van der Waals surface area contributed by atoms with Gasteiger partial charge in [-0.25, -0.2) is 0 Å². The molecular weight excluding hydrogens is 326 g/mol. The van der Waals surface area contributed by atoms with Crippen molar-refractivity contribution >= 4 is 0 Å². The minimum Gasteiger partial charge on any atom is -0.299 e. The van der Waals surface area contributed by atoms with Gasteiger partial charge in [-0.15, -0.1) is 0 Å². The predicted octanol–water partition coefficient (Wildman–Crippen LogP) is 6.09. The smallest absolute Gasteiger partial charge is 0.0195 e. The first kappa shape index (κ1) is 18.7. The Labute approximate surface area is 165 Å². The standard InChI is InChI=1S/C26H35N/c1-3-26(24-14-8-5-9-15-24)19-23(17-22-12-6-4-7-13-22)18-25(26)27-16-10-11-21(2)20-27/h4-9,12-15,21,23,25H,3,10-11,16-20H2,1-2H3. The fourth-order valence-corrected chi connectivity index (χ4v) is 6.05. The van der Waals surface area contributed by atoms with E-state index >= 15 is 0 Å². The molecule has 1 saturated carbocycles. The van der Waals surface area contributed by atoms with Crippen LogP contribution >= 0.6 is 0 Å². The number of piperidine rings is 1. The van der Waals surface area contributed by atoms with Gasteiger partial charge in [-0.3, -0.25) is 4.90 Å². The molecule has 2 aromatic rings. The van der Waals surface area contributed by atoms with Crippen LogP contribution in [-0.4, -0.2) is 24.0 Å². The Morgan fingerprint density at radius 3 is 2.37 bits per heavy atom. The van der Waals surface area contributed by atoms with Crippen LogP contribution < -0.4 is 0 Å².